The summed E-state index contributed by atoms with van der Waals surface area (Å²) in [6.45, 7) is 2.62. The second kappa shape index (κ2) is 7.59. The Kier molecular flexibility index (Phi) is 4.68. The maximum atomic E-state index is 13.4. The number of anilines is 1. The summed E-state index contributed by atoms with van der Waals surface area (Å²) in [7, 11) is 2.06. The Hall–Kier alpha value is -2.93. The first-order valence-corrected chi connectivity index (χ1v) is 12.4. The van der Waals surface area contributed by atoms with Gasteiger partial charge >= 0.3 is 0 Å². The normalized spacial score (nSPS) is 20.2. The molecule has 1 atom stereocenters. The zero-order valence-electron chi connectivity index (χ0n) is 18.2. The summed E-state index contributed by atoms with van der Waals surface area (Å²) < 4.78 is 2.18. The lowest BCUT2D eigenvalue weighted by molar-refractivity contribution is -0.131. The molecule has 6 nitrogen and oxygen atoms in total. The number of amides is 2. The van der Waals surface area contributed by atoms with Crippen molar-refractivity contribution in [2.75, 3.05) is 43.1 Å². The lowest BCUT2D eigenvalue weighted by atomic mass is 9.96. The zero-order chi connectivity index (χ0) is 21.8. The third-order valence-corrected chi connectivity index (χ3v) is 8.00. The number of carbonyl (C=O) groups is 2. The number of hydrogen-bond acceptors (Lipinski definition) is 4. The standard InChI is InChI=1S/C25H26N4O2S/c1-26-20-8-4-3-7-19(20)25(31)28-11-10-18-17-6-2-5-9-21(17)29(23(18)24(26)28)16-22(30)27-12-14-32-15-13-27/h2-9,24H,10-16H2,1H3. The predicted molar refractivity (Wildman–Crippen MR) is 128 cm³/mol. The average molecular weight is 447 g/mol. The van der Waals surface area contributed by atoms with Crippen molar-refractivity contribution < 1.29 is 9.59 Å². The number of thioether (sulfide) groups is 1. The van der Waals surface area contributed by atoms with Crippen LogP contribution < -0.4 is 4.90 Å². The molecule has 0 N–H and O–H groups in total. The van der Waals surface area contributed by atoms with Gasteiger partial charge in [0.2, 0.25) is 5.91 Å². The number of nitrogens with zero attached hydrogens (tertiary/aromatic N) is 4. The van der Waals surface area contributed by atoms with E-state index in [4.69, 9.17) is 0 Å². The largest absolute Gasteiger partial charge is 0.349 e. The molecule has 0 radical (unpaired) electrons. The highest BCUT2D eigenvalue weighted by Gasteiger charge is 2.42. The van der Waals surface area contributed by atoms with Gasteiger partial charge in [-0.3, -0.25) is 9.59 Å². The third-order valence-electron chi connectivity index (χ3n) is 7.06. The Morgan fingerprint density at radius 2 is 1.78 bits per heavy atom. The van der Waals surface area contributed by atoms with Crippen LogP contribution in [0.25, 0.3) is 10.9 Å². The summed E-state index contributed by atoms with van der Waals surface area (Å²) in [6, 6.07) is 16.2. The van der Waals surface area contributed by atoms with Gasteiger partial charge in [-0.15, -0.1) is 0 Å². The van der Waals surface area contributed by atoms with Crippen LogP contribution in [-0.2, 0) is 17.8 Å². The van der Waals surface area contributed by atoms with Crippen LogP contribution in [0.1, 0.15) is 27.8 Å². The summed E-state index contributed by atoms with van der Waals surface area (Å²) in [5.74, 6) is 2.24. The quantitative estimate of drug-likeness (QED) is 0.606. The summed E-state index contributed by atoms with van der Waals surface area (Å²) in [6.07, 6.45) is 0.591. The van der Waals surface area contributed by atoms with Crippen LogP contribution in [0.5, 0.6) is 0 Å². The zero-order valence-corrected chi connectivity index (χ0v) is 19.0. The van der Waals surface area contributed by atoms with Gasteiger partial charge < -0.3 is 19.3 Å². The molecule has 1 fully saturated rings. The number of rotatable bonds is 2. The number of aromatic nitrogens is 1. The molecule has 0 spiro atoms. The van der Waals surface area contributed by atoms with Crippen molar-refractivity contribution in [2.45, 2.75) is 19.1 Å². The van der Waals surface area contributed by atoms with Gasteiger partial charge in [-0.2, -0.15) is 11.8 Å². The number of para-hydroxylation sites is 2. The van der Waals surface area contributed by atoms with Gasteiger partial charge in [0.05, 0.1) is 16.9 Å². The lowest BCUT2D eigenvalue weighted by Crippen LogP contribution is -2.51. The van der Waals surface area contributed by atoms with E-state index in [-0.39, 0.29) is 18.0 Å². The summed E-state index contributed by atoms with van der Waals surface area (Å²) >= 11 is 1.91. The monoisotopic (exact) mass is 446 g/mol. The van der Waals surface area contributed by atoms with Crippen molar-refractivity contribution >= 4 is 40.2 Å². The number of carbonyl (C=O) groups excluding carboxylic acids is 2. The van der Waals surface area contributed by atoms with Gasteiger partial charge in [0.15, 0.2) is 0 Å². The smallest absolute Gasteiger partial charge is 0.257 e. The van der Waals surface area contributed by atoms with Crippen LogP contribution in [0.2, 0.25) is 0 Å². The van der Waals surface area contributed by atoms with Crippen LogP contribution in [0.15, 0.2) is 48.5 Å². The van der Waals surface area contributed by atoms with Crippen molar-refractivity contribution in [1.82, 2.24) is 14.4 Å². The Morgan fingerprint density at radius 3 is 2.62 bits per heavy atom. The van der Waals surface area contributed by atoms with Crippen LogP contribution in [0.4, 0.5) is 5.69 Å². The minimum atomic E-state index is -0.210. The van der Waals surface area contributed by atoms with Gasteiger partial charge in [0, 0.05) is 49.1 Å². The second-order valence-corrected chi connectivity index (χ2v) is 9.94. The molecule has 3 aliphatic heterocycles. The molecule has 0 aliphatic carbocycles. The number of hydrogen-bond donors (Lipinski definition) is 0. The van der Waals surface area contributed by atoms with Gasteiger partial charge in [-0.1, -0.05) is 30.3 Å². The van der Waals surface area contributed by atoms with E-state index in [1.807, 2.05) is 51.9 Å². The van der Waals surface area contributed by atoms with Crippen molar-refractivity contribution in [3.8, 4) is 0 Å². The highest BCUT2D eigenvalue weighted by Crippen LogP contribution is 2.44. The van der Waals surface area contributed by atoms with Crippen molar-refractivity contribution in [3.63, 3.8) is 0 Å². The van der Waals surface area contributed by atoms with Crippen LogP contribution in [0.3, 0.4) is 0 Å². The first kappa shape index (κ1) is 19.7. The fourth-order valence-corrected chi connectivity index (χ4v) is 6.43. The molecule has 164 valence electrons. The molecular formula is C25H26N4O2S. The van der Waals surface area contributed by atoms with Crippen molar-refractivity contribution in [1.29, 1.82) is 0 Å². The highest BCUT2D eigenvalue weighted by molar-refractivity contribution is 7.99. The lowest BCUT2D eigenvalue weighted by Gasteiger charge is -2.46. The molecule has 1 saturated heterocycles. The first-order chi connectivity index (χ1) is 15.6. The molecule has 0 bridgehead atoms. The number of benzene rings is 2. The molecule has 7 heteroatoms. The molecule has 3 aromatic rings. The van der Waals surface area contributed by atoms with E-state index < -0.39 is 0 Å². The maximum Gasteiger partial charge on any atom is 0.257 e. The summed E-state index contributed by atoms with van der Waals surface area (Å²) in [5, 5.41) is 1.20. The molecule has 1 unspecified atom stereocenters. The second-order valence-electron chi connectivity index (χ2n) is 8.71. The van der Waals surface area contributed by atoms with E-state index in [1.54, 1.807) is 0 Å². The molecule has 2 amide bonds. The topological polar surface area (TPSA) is 48.8 Å². The highest BCUT2D eigenvalue weighted by atomic mass is 32.2. The third kappa shape index (κ3) is 2.87. The van der Waals surface area contributed by atoms with Crippen LogP contribution in [0, 0.1) is 0 Å². The molecule has 1 aromatic heterocycles. The van der Waals surface area contributed by atoms with Gasteiger partial charge in [0.25, 0.3) is 5.91 Å². The van der Waals surface area contributed by atoms with Gasteiger partial charge in [0.1, 0.15) is 12.7 Å². The first-order valence-electron chi connectivity index (χ1n) is 11.2. The molecule has 0 saturated carbocycles. The van der Waals surface area contributed by atoms with E-state index >= 15 is 0 Å². The van der Waals surface area contributed by atoms with Crippen molar-refractivity contribution in [2.24, 2.45) is 0 Å². The fourth-order valence-electron chi connectivity index (χ4n) is 5.53. The maximum absolute atomic E-state index is 13.4. The Bertz CT molecular complexity index is 1230. The van der Waals surface area contributed by atoms with Crippen LogP contribution in [-0.4, -0.2) is 64.4 Å². The van der Waals surface area contributed by atoms with Crippen molar-refractivity contribution in [3.05, 3.63) is 65.4 Å². The Morgan fingerprint density at radius 1 is 1.03 bits per heavy atom. The molecule has 6 rings (SSSR count). The molecular weight excluding hydrogens is 420 g/mol. The SMILES string of the molecule is CN1c2ccccc2C(=O)N2CCc3c(n(CC(=O)N4CCSCC4)c4ccccc34)C21. The Labute approximate surface area is 191 Å². The Balaban J connectivity index is 1.50. The van der Waals surface area contributed by atoms with Gasteiger partial charge in [-0.25, -0.2) is 0 Å². The average Bonchev–Trinajstić information content (AvgIpc) is 3.16. The summed E-state index contributed by atoms with van der Waals surface area (Å²) in [5.41, 5.74) is 5.13. The van der Waals surface area contributed by atoms with Gasteiger partial charge in [-0.05, 0) is 30.2 Å². The molecule has 2 aromatic carbocycles. The minimum Gasteiger partial charge on any atom is -0.349 e. The van der Waals surface area contributed by atoms with E-state index in [0.29, 0.717) is 13.1 Å². The molecule has 3 aliphatic rings. The summed E-state index contributed by atoms with van der Waals surface area (Å²) in [4.78, 5) is 32.9. The predicted octanol–water partition coefficient (Wildman–Crippen LogP) is 3.36. The minimum absolute atomic E-state index is 0.0746. The fraction of sp³-hybridized carbons (Fsp3) is 0.360. The molecule has 32 heavy (non-hydrogen) atoms. The van der Waals surface area contributed by atoms with E-state index in [0.717, 1.165) is 53.5 Å². The van der Waals surface area contributed by atoms with E-state index in [9.17, 15) is 9.59 Å². The van der Waals surface area contributed by atoms with E-state index in [1.165, 1.54) is 10.9 Å². The van der Waals surface area contributed by atoms with Crippen LogP contribution >= 0.6 is 11.8 Å². The number of fused-ring (bicyclic) bond motifs is 6. The molecule has 4 heterocycles. The van der Waals surface area contributed by atoms with E-state index in [2.05, 4.69) is 34.7 Å².